The standard InChI is InChI=1S/C7H9N5O2/c1-3(13)7-4(9-2-10-7)11-6(8)12-5(7)14/h2,6H,8H2,1H3,(H,12,14)(H,9,10,11). The molecule has 0 aromatic rings. The number of ketones is 1. The molecule has 2 aliphatic heterocycles. The molecule has 2 heterocycles. The zero-order chi connectivity index (χ0) is 10.3. The van der Waals surface area contributed by atoms with Crippen molar-refractivity contribution in [3.05, 3.63) is 0 Å². The van der Waals surface area contributed by atoms with Gasteiger partial charge in [0.1, 0.15) is 0 Å². The normalized spacial score (nSPS) is 34.3. The summed E-state index contributed by atoms with van der Waals surface area (Å²) in [4.78, 5) is 30.7. The fraction of sp³-hybridized carbons (Fsp3) is 0.429. The maximum absolute atomic E-state index is 11.6. The van der Waals surface area contributed by atoms with Crippen molar-refractivity contribution in [2.24, 2.45) is 15.7 Å². The number of amidine groups is 1. The van der Waals surface area contributed by atoms with Crippen LogP contribution in [-0.4, -0.2) is 35.7 Å². The number of aliphatic imine (C=N–C) groups is 2. The van der Waals surface area contributed by atoms with Gasteiger partial charge in [-0.2, -0.15) is 0 Å². The van der Waals surface area contributed by atoms with Crippen LogP contribution in [0.4, 0.5) is 0 Å². The van der Waals surface area contributed by atoms with Crippen molar-refractivity contribution in [1.29, 1.82) is 0 Å². The van der Waals surface area contributed by atoms with E-state index in [1.165, 1.54) is 13.3 Å². The zero-order valence-electron chi connectivity index (χ0n) is 7.44. The summed E-state index contributed by atoms with van der Waals surface area (Å²) in [6.45, 7) is 1.30. The predicted octanol–water partition coefficient (Wildman–Crippen LogP) is -2.28. The average molecular weight is 195 g/mol. The van der Waals surface area contributed by atoms with Gasteiger partial charge in [0.25, 0.3) is 5.91 Å². The van der Waals surface area contributed by atoms with Crippen LogP contribution < -0.4 is 16.4 Å². The molecule has 74 valence electrons. The molecule has 0 aromatic heterocycles. The lowest BCUT2D eigenvalue weighted by Gasteiger charge is -2.30. The van der Waals surface area contributed by atoms with E-state index in [9.17, 15) is 9.59 Å². The van der Waals surface area contributed by atoms with Gasteiger partial charge in [-0.25, -0.2) is 9.98 Å². The van der Waals surface area contributed by atoms with Crippen molar-refractivity contribution in [3.8, 4) is 0 Å². The first-order valence-electron chi connectivity index (χ1n) is 4.03. The first-order valence-corrected chi connectivity index (χ1v) is 4.03. The Balaban J connectivity index is 2.53. The van der Waals surface area contributed by atoms with E-state index in [0.29, 0.717) is 0 Å². The maximum Gasteiger partial charge on any atom is 0.264 e. The highest BCUT2D eigenvalue weighted by Gasteiger charge is 2.53. The van der Waals surface area contributed by atoms with Crippen LogP contribution in [-0.2, 0) is 9.59 Å². The van der Waals surface area contributed by atoms with Crippen LogP contribution in [0.3, 0.4) is 0 Å². The number of rotatable bonds is 1. The fourth-order valence-corrected chi connectivity index (χ4v) is 1.47. The third-order valence-corrected chi connectivity index (χ3v) is 2.21. The molecule has 0 bridgehead atoms. The Morgan fingerprint density at radius 2 is 2.43 bits per heavy atom. The van der Waals surface area contributed by atoms with E-state index in [2.05, 4.69) is 20.6 Å². The third-order valence-electron chi connectivity index (χ3n) is 2.21. The van der Waals surface area contributed by atoms with E-state index >= 15 is 0 Å². The molecule has 0 aromatic carbocycles. The molecule has 0 spiro atoms. The van der Waals surface area contributed by atoms with Crippen LogP contribution in [0.5, 0.6) is 0 Å². The number of nitrogens with one attached hydrogen (secondary N) is 2. The van der Waals surface area contributed by atoms with Gasteiger partial charge in [0.2, 0.25) is 5.54 Å². The summed E-state index contributed by atoms with van der Waals surface area (Å²) in [5, 5.41) is 4.96. The highest BCUT2D eigenvalue weighted by Crippen LogP contribution is 2.18. The SMILES string of the molecule is CC(=O)C12NC=NC1=NC(N)NC2=O. The Hall–Kier alpha value is -1.76. The molecular formula is C7H9N5O2. The van der Waals surface area contributed by atoms with Gasteiger partial charge in [0.05, 0.1) is 6.34 Å². The van der Waals surface area contributed by atoms with E-state index in [-0.39, 0.29) is 11.6 Å². The Bertz CT molecular complexity index is 374. The fourth-order valence-electron chi connectivity index (χ4n) is 1.47. The van der Waals surface area contributed by atoms with Gasteiger partial charge < -0.3 is 10.6 Å². The summed E-state index contributed by atoms with van der Waals surface area (Å²) in [5.74, 6) is -0.751. The van der Waals surface area contributed by atoms with Crippen molar-refractivity contribution in [1.82, 2.24) is 10.6 Å². The molecule has 0 saturated carbocycles. The van der Waals surface area contributed by atoms with Gasteiger partial charge in [0, 0.05) is 0 Å². The summed E-state index contributed by atoms with van der Waals surface area (Å²) < 4.78 is 0. The maximum atomic E-state index is 11.6. The number of hydrogen-bond acceptors (Lipinski definition) is 6. The molecule has 1 amide bonds. The van der Waals surface area contributed by atoms with Crippen molar-refractivity contribution >= 4 is 23.9 Å². The molecule has 14 heavy (non-hydrogen) atoms. The minimum Gasteiger partial charge on any atom is -0.350 e. The van der Waals surface area contributed by atoms with Crippen molar-refractivity contribution < 1.29 is 9.59 Å². The van der Waals surface area contributed by atoms with Gasteiger partial charge in [-0.05, 0) is 6.92 Å². The minimum atomic E-state index is -1.46. The first-order chi connectivity index (χ1) is 6.57. The topological polar surface area (TPSA) is 109 Å². The number of nitrogens with zero attached hydrogens (tertiary/aromatic N) is 2. The average Bonchev–Trinajstić information content (AvgIpc) is 2.48. The largest absolute Gasteiger partial charge is 0.350 e. The molecule has 0 radical (unpaired) electrons. The van der Waals surface area contributed by atoms with Crippen molar-refractivity contribution in [2.45, 2.75) is 18.8 Å². The highest BCUT2D eigenvalue weighted by molar-refractivity contribution is 6.34. The third kappa shape index (κ3) is 0.896. The number of Topliss-reactive ketones (excluding diaryl/α,β-unsaturated/α-hetero) is 1. The number of amides is 1. The smallest absolute Gasteiger partial charge is 0.264 e. The highest BCUT2D eigenvalue weighted by atomic mass is 16.2. The van der Waals surface area contributed by atoms with Crippen LogP contribution >= 0.6 is 0 Å². The number of carbonyl (C=O) groups is 2. The van der Waals surface area contributed by atoms with Gasteiger partial charge in [0.15, 0.2) is 17.9 Å². The molecule has 2 unspecified atom stereocenters. The van der Waals surface area contributed by atoms with Gasteiger partial charge in [-0.15, -0.1) is 0 Å². The quantitative estimate of drug-likeness (QED) is 0.409. The molecule has 0 fully saturated rings. The molecule has 2 rings (SSSR count). The van der Waals surface area contributed by atoms with Crippen molar-refractivity contribution in [2.75, 3.05) is 0 Å². The number of carbonyl (C=O) groups excluding carboxylic acids is 2. The second-order valence-corrected chi connectivity index (χ2v) is 3.08. The second kappa shape index (κ2) is 2.61. The van der Waals surface area contributed by atoms with Crippen LogP contribution in [0.2, 0.25) is 0 Å². The Morgan fingerprint density at radius 1 is 1.71 bits per heavy atom. The molecule has 2 atom stereocenters. The molecular weight excluding hydrogens is 186 g/mol. The van der Waals surface area contributed by atoms with Crippen LogP contribution in [0.1, 0.15) is 6.92 Å². The lowest BCUT2D eigenvalue weighted by molar-refractivity contribution is -0.133. The second-order valence-electron chi connectivity index (χ2n) is 3.08. The summed E-state index contributed by atoms with van der Waals surface area (Å²) >= 11 is 0. The number of nitrogens with two attached hydrogens (primary N) is 1. The zero-order valence-corrected chi connectivity index (χ0v) is 7.44. The van der Waals surface area contributed by atoms with E-state index in [4.69, 9.17) is 5.73 Å². The predicted molar refractivity (Wildman–Crippen MR) is 48.6 cm³/mol. The van der Waals surface area contributed by atoms with Gasteiger partial charge in [-0.3, -0.25) is 15.3 Å². The Labute approximate surface area is 79.5 Å². The lowest BCUT2D eigenvalue weighted by Crippen LogP contribution is -2.68. The molecule has 7 nitrogen and oxygen atoms in total. The monoisotopic (exact) mass is 195 g/mol. The molecule has 2 aliphatic rings. The molecule has 0 saturated heterocycles. The first kappa shape index (κ1) is 8.82. The Morgan fingerprint density at radius 3 is 3.07 bits per heavy atom. The minimum absolute atomic E-state index is 0.126. The number of fused-ring (bicyclic) bond motifs is 1. The van der Waals surface area contributed by atoms with E-state index in [1.54, 1.807) is 0 Å². The Kier molecular flexibility index (Phi) is 1.65. The lowest BCUT2D eigenvalue weighted by atomic mass is 9.92. The summed E-state index contributed by atoms with van der Waals surface area (Å²) in [6.07, 6.45) is 0.444. The van der Waals surface area contributed by atoms with E-state index in [0.717, 1.165) is 0 Å². The van der Waals surface area contributed by atoms with E-state index < -0.39 is 17.7 Å². The number of hydrogen-bond donors (Lipinski definition) is 3. The summed E-state index contributed by atoms with van der Waals surface area (Å²) in [7, 11) is 0. The van der Waals surface area contributed by atoms with Gasteiger partial charge >= 0.3 is 0 Å². The van der Waals surface area contributed by atoms with Crippen LogP contribution in [0, 0.1) is 0 Å². The molecule has 4 N–H and O–H groups in total. The summed E-state index contributed by atoms with van der Waals surface area (Å²) in [5.41, 5.74) is 3.95. The van der Waals surface area contributed by atoms with E-state index in [1.807, 2.05) is 0 Å². The van der Waals surface area contributed by atoms with Gasteiger partial charge in [-0.1, -0.05) is 0 Å². The van der Waals surface area contributed by atoms with Crippen molar-refractivity contribution in [3.63, 3.8) is 0 Å². The summed E-state index contributed by atoms with van der Waals surface area (Å²) in [6, 6.07) is 0. The van der Waals surface area contributed by atoms with Crippen LogP contribution in [0.15, 0.2) is 9.98 Å². The molecule has 7 heteroatoms. The van der Waals surface area contributed by atoms with Crippen LogP contribution in [0.25, 0.3) is 0 Å². The molecule has 0 aliphatic carbocycles.